The summed E-state index contributed by atoms with van der Waals surface area (Å²) < 4.78 is 11.3. The van der Waals surface area contributed by atoms with E-state index in [2.05, 4.69) is 0 Å². The maximum Gasteiger partial charge on any atom is 0.410 e. The number of hydrogen-bond donors (Lipinski definition) is 1. The molecule has 2 saturated heterocycles. The highest BCUT2D eigenvalue weighted by molar-refractivity contribution is 5.68. The van der Waals surface area contributed by atoms with E-state index in [4.69, 9.17) is 15.2 Å². The van der Waals surface area contributed by atoms with Gasteiger partial charge in [0.1, 0.15) is 5.60 Å². The quantitative estimate of drug-likeness (QED) is 0.713. The summed E-state index contributed by atoms with van der Waals surface area (Å²) in [6, 6.07) is 0.192. The second kappa shape index (κ2) is 4.70. The Labute approximate surface area is 109 Å². The lowest BCUT2D eigenvalue weighted by atomic mass is 9.90. The summed E-state index contributed by atoms with van der Waals surface area (Å²) in [4.78, 5) is 13.7. The monoisotopic (exact) mass is 256 g/mol. The highest BCUT2D eigenvalue weighted by atomic mass is 16.6. The Morgan fingerprint density at radius 2 is 2.22 bits per heavy atom. The molecule has 0 aromatic carbocycles. The van der Waals surface area contributed by atoms with Crippen molar-refractivity contribution in [3.8, 4) is 0 Å². The molecule has 0 aromatic heterocycles. The van der Waals surface area contributed by atoms with Crippen LogP contribution in [0.4, 0.5) is 4.79 Å². The molecule has 104 valence electrons. The molecular formula is C13H24N2O3. The molecule has 2 N–H and O–H groups in total. The van der Waals surface area contributed by atoms with E-state index in [1.54, 1.807) is 4.90 Å². The van der Waals surface area contributed by atoms with Gasteiger partial charge >= 0.3 is 6.09 Å². The second-order valence-corrected chi connectivity index (χ2v) is 6.44. The van der Waals surface area contributed by atoms with Gasteiger partial charge in [0, 0.05) is 19.2 Å². The number of carbonyl (C=O) groups excluding carboxylic acids is 1. The minimum atomic E-state index is -0.448. The zero-order valence-corrected chi connectivity index (χ0v) is 11.6. The molecule has 0 bridgehead atoms. The van der Waals surface area contributed by atoms with Gasteiger partial charge in [0.2, 0.25) is 0 Å². The van der Waals surface area contributed by atoms with E-state index in [-0.39, 0.29) is 17.7 Å². The van der Waals surface area contributed by atoms with Gasteiger partial charge in [0.25, 0.3) is 0 Å². The number of amides is 1. The topological polar surface area (TPSA) is 64.8 Å². The van der Waals surface area contributed by atoms with Crippen molar-refractivity contribution in [2.24, 2.45) is 5.73 Å². The Hall–Kier alpha value is -0.810. The van der Waals surface area contributed by atoms with Crippen LogP contribution in [0.2, 0.25) is 0 Å². The van der Waals surface area contributed by atoms with Gasteiger partial charge in [-0.15, -0.1) is 0 Å². The lowest BCUT2D eigenvalue weighted by molar-refractivity contribution is -0.0763. The fraction of sp³-hybridized carbons (Fsp3) is 0.923. The third-order valence-electron chi connectivity index (χ3n) is 3.50. The van der Waals surface area contributed by atoms with E-state index in [0.29, 0.717) is 19.7 Å². The third-order valence-corrected chi connectivity index (χ3v) is 3.50. The summed E-state index contributed by atoms with van der Waals surface area (Å²) in [5.74, 6) is 0. The zero-order chi connectivity index (χ0) is 13.4. The Kier molecular flexibility index (Phi) is 3.56. The lowest BCUT2D eigenvalue weighted by Crippen LogP contribution is -2.47. The molecule has 1 spiro atoms. The van der Waals surface area contributed by atoms with Crippen LogP contribution < -0.4 is 5.73 Å². The van der Waals surface area contributed by atoms with E-state index in [1.807, 2.05) is 20.8 Å². The number of rotatable bonds is 0. The molecule has 0 radical (unpaired) electrons. The average Bonchev–Trinajstić information content (AvgIpc) is 2.59. The fourth-order valence-corrected chi connectivity index (χ4v) is 2.68. The maximum atomic E-state index is 12.0. The van der Waals surface area contributed by atoms with Crippen molar-refractivity contribution in [2.45, 2.75) is 57.3 Å². The van der Waals surface area contributed by atoms with Crippen molar-refractivity contribution >= 4 is 6.09 Å². The number of nitrogens with zero attached hydrogens (tertiary/aromatic N) is 1. The zero-order valence-electron chi connectivity index (χ0n) is 11.6. The number of nitrogens with two attached hydrogens (primary N) is 1. The van der Waals surface area contributed by atoms with Crippen LogP contribution in [0, 0.1) is 0 Å². The van der Waals surface area contributed by atoms with Gasteiger partial charge in [-0.05, 0) is 40.0 Å². The van der Waals surface area contributed by atoms with Crippen LogP contribution in [0.15, 0.2) is 0 Å². The summed E-state index contributed by atoms with van der Waals surface area (Å²) >= 11 is 0. The average molecular weight is 256 g/mol. The molecule has 2 rings (SSSR count). The van der Waals surface area contributed by atoms with Gasteiger partial charge in [0.05, 0.1) is 12.1 Å². The van der Waals surface area contributed by atoms with E-state index < -0.39 is 5.60 Å². The minimum absolute atomic E-state index is 0.192. The van der Waals surface area contributed by atoms with Crippen LogP contribution in [-0.4, -0.2) is 47.9 Å². The summed E-state index contributed by atoms with van der Waals surface area (Å²) in [6.45, 7) is 7.64. The van der Waals surface area contributed by atoms with Gasteiger partial charge < -0.3 is 20.1 Å². The Balaban J connectivity index is 1.93. The van der Waals surface area contributed by atoms with Crippen LogP contribution >= 0.6 is 0 Å². The standard InChI is InChI=1S/C13H24N2O3/c1-12(2,3)18-11(16)15-6-5-13(9-15)8-10(14)4-7-17-13/h10H,4-9,14H2,1-3H3. The van der Waals surface area contributed by atoms with Crippen LogP contribution in [-0.2, 0) is 9.47 Å². The van der Waals surface area contributed by atoms with Crippen molar-refractivity contribution in [2.75, 3.05) is 19.7 Å². The van der Waals surface area contributed by atoms with E-state index >= 15 is 0 Å². The summed E-state index contributed by atoms with van der Waals surface area (Å²) in [6.07, 6.45) is 2.36. The van der Waals surface area contributed by atoms with Gasteiger partial charge in [-0.1, -0.05) is 0 Å². The first kappa shape index (κ1) is 13.6. The van der Waals surface area contributed by atoms with Crippen LogP contribution in [0.5, 0.6) is 0 Å². The Bertz CT molecular complexity index is 327. The highest BCUT2D eigenvalue weighted by Crippen LogP contribution is 2.34. The Morgan fingerprint density at radius 3 is 2.83 bits per heavy atom. The minimum Gasteiger partial charge on any atom is -0.444 e. The molecule has 5 heteroatoms. The van der Waals surface area contributed by atoms with Crippen LogP contribution in [0.3, 0.4) is 0 Å². The van der Waals surface area contributed by atoms with Gasteiger partial charge in [-0.2, -0.15) is 0 Å². The van der Waals surface area contributed by atoms with Crippen LogP contribution in [0.25, 0.3) is 0 Å². The molecular weight excluding hydrogens is 232 g/mol. The summed E-state index contributed by atoms with van der Waals surface area (Å²) in [7, 11) is 0. The molecule has 2 fully saturated rings. The highest BCUT2D eigenvalue weighted by Gasteiger charge is 2.44. The molecule has 2 heterocycles. The summed E-state index contributed by atoms with van der Waals surface area (Å²) in [5.41, 5.74) is 5.32. The van der Waals surface area contributed by atoms with Crippen LogP contribution in [0.1, 0.15) is 40.0 Å². The van der Waals surface area contributed by atoms with Gasteiger partial charge in [-0.3, -0.25) is 0 Å². The molecule has 2 atom stereocenters. The Morgan fingerprint density at radius 1 is 1.50 bits per heavy atom. The van der Waals surface area contributed by atoms with Crippen molar-refractivity contribution in [3.63, 3.8) is 0 Å². The molecule has 0 aliphatic carbocycles. The van der Waals surface area contributed by atoms with E-state index in [9.17, 15) is 4.79 Å². The molecule has 2 aliphatic rings. The molecule has 2 aliphatic heterocycles. The van der Waals surface area contributed by atoms with E-state index in [1.165, 1.54) is 0 Å². The number of likely N-dealkylation sites (tertiary alicyclic amines) is 1. The molecule has 18 heavy (non-hydrogen) atoms. The molecule has 2 unspecified atom stereocenters. The molecule has 0 saturated carbocycles. The van der Waals surface area contributed by atoms with Crippen molar-refractivity contribution in [1.29, 1.82) is 0 Å². The number of ether oxygens (including phenoxy) is 2. The molecule has 5 nitrogen and oxygen atoms in total. The van der Waals surface area contributed by atoms with Crippen molar-refractivity contribution < 1.29 is 14.3 Å². The second-order valence-electron chi connectivity index (χ2n) is 6.44. The first-order chi connectivity index (χ1) is 8.30. The molecule has 0 aromatic rings. The predicted molar refractivity (Wildman–Crippen MR) is 68.3 cm³/mol. The van der Waals surface area contributed by atoms with Crippen molar-refractivity contribution in [1.82, 2.24) is 4.90 Å². The largest absolute Gasteiger partial charge is 0.444 e. The lowest BCUT2D eigenvalue weighted by Gasteiger charge is -2.36. The molecule has 1 amide bonds. The van der Waals surface area contributed by atoms with Gasteiger partial charge in [-0.25, -0.2) is 4.79 Å². The van der Waals surface area contributed by atoms with Crippen molar-refractivity contribution in [3.05, 3.63) is 0 Å². The first-order valence-electron chi connectivity index (χ1n) is 6.67. The number of hydrogen-bond acceptors (Lipinski definition) is 4. The number of carbonyl (C=O) groups is 1. The summed E-state index contributed by atoms with van der Waals surface area (Å²) in [5, 5.41) is 0. The first-order valence-corrected chi connectivity index (χ1v) is 6.67. The smallest absolute Gasteiger partial charge is 0.410 e. The van der Waals surface area contributed by atoms with E-state index in [0.717, 1.165) is 19.3 Å². The SMILES string of the molecule is CC(C)(C)OC(=O)N1CCC2(CC(N)CCO2)C1. The maximum absolute atomic E-state index is 12.0. The fourth-order valence-electron chi connectivity index (χ4n) is 2.68. The van der Waals surface area contributed by atoms with Gasteiger partial charge in [0.15, 0.2) is 0 Å². The third kappa shape index (κ3) is 3.14. The normalized spacial score (nSPS) is 32.9. The predicted octanol–water partition coefficient (Wildman–Crippen LogP) is 1.50.